The van der Waals surface area contributed by atoms with E-state index in [-0.39, 0.29) is 29.8 Å². The van der Waals surface area contributed by atoms with Crippen LogP contribution in [-0.2, 0) is 4.79 Å². The van der Waals surface area contributed by atoms with Gasteiger partial charge in [0.05, 0.1) is 12.6 Å². The van der Waals surface area contributed by atoms with Crippen molar-refractivity contribution in [3.8, 4) is 0 Å². The van der Waals surface area contributed by atoms with Crippen LogP contribution in [0.15, 0.2) is 18.2 Å². The number of benzene rings is 1. The van der Waals surface area contributed by atoms with E-state index in [1.807, 2.05) is 6.92 Å². The van der Waals surface area contributed by atoms with Crippen LogP contribution in [0, 0.1) is 11.6 Å². The van der Waals surface area contributed by atoms with E-state index in [0.717, 1.165) is 12.1 Å². The van der Waals surface area contributed by atoms with E-state index in [2.05, 4.69) is 5.32 Å². The Hall–Kier alpha value is -1.82. The number of rotatable bonds is 4. The van der Waals surface area contributed by atoms with E-state index in [0.29, 0.717) is 19.5 Å². The third-order valence-corrected chi connectivity index (χ3v) is 3.42. The number of nitrogens with one attached hydrogen (secondary N) is 1. The molecule has 1 aliphatic rings. The first-order valence-electron chi connectivity index (χ1n) is 6.53. The van der Waals surface area contributed by atoms with E-state index >= 15 is 0 Å². The molecule has 0 aliphatic carbocycles. The first-order valence-corrected chi connectivity index (χ1v) is 6.53. The zero-order valence-corrected chi connectivity index (χ0v) is 11.2. The number of carbonyl (C=O) groups is 2. The van der Waals surface area contributed by atoms with E-state index in [1.165, 1.54) is 6.07 Å². The van der Waals surface area contributed by atoms with Crippen LogP contribution < -0.4 is 5.32 Å². The van der Waals surface area contributed by atoms with Crippen molar-refractivity contribution >= 4 is 11.7 Å². The van der Waals surface area contributed by atoms with Gasteiger partial charge in [0.2, 0.25) is 5.91 Å². The average Bonchev–Trinajstić information content (AvgIpc) is 2.42. The lowest BCUT2D eigenvalue weighted by atomic mass is 10.1. The van der Waals surface area contributed by atoms with Gasteiger partial charge in [0.25, 0.3) is 0 Å². The molecule has 1 N–H and O–H groups in total. The summed E-state index contributed by atoms with van der Waals surface area (Å²) in [7, 11) is 0. The van der Waals surface area contributed by atoms with Gasteiger partial charge < -0.3 is 5.32 Å². The van der Waals surface area contributed by atoms with Gasteiger partial charge in [-0.05, 0) is 24.6 Å². The molecule has 4 nitrogen and oxygen atoms in total. The molecule has 1 unspecified atom stereocenters. The van der Waals surface area contributed by atoms with Crippen LogP contribution >= 0.6 is 0 Å². The van der Waals surface area contributed by atoms with Gasteiger partial charge in [0.15, 0.2) is 17.4 Å². The van der Waals surface area contributed by atoms with Crippen LogP contribution in [0.1, 0.15) is 23.7 Å². The van der Waals surface area contributed by atoms with Gasteiger partial charge in [-0.3, -0.25) is 14.5 Å². The van der Waals surface area contributed by atoms with Gasteiger partial charge in [0.1, 0.15) is 0 Å². The molecule has 1 aromatic rings. The molecule has 20 heavy (non-hydrogen) atoms. The fourth-order valence-electron chi connectivity index (χ4n) is 2.34. The molecule has 1 saturated heterocycles. The predicted octanol–water partition coefficient (Wildman–Crippen LogP) is 1.36. The largest absolute Gasteiger partial charge is 0.353 e. The molecule has 108 valence electrons. The number of halogens is 2. The summed E-state index contributed by atoms with van der Waals surface area (Å²) < 4.78 is 26.0. The maximum absolute atomic E-state index is 13.1. The standard InChI is InChI=1S/C14H16F2N2O2/c1-2-12-14(20)17-5-6-18(12)8-13(19)9-3-4-10(15)11(16)7-9/h3-4,7,12H,2,5-6,8H2,1H3,(H,17,20). The Morgan fingerprint density at radius 1 is 1.40 bits per heavy atom. The van der Waals surface area contributed by atoms with Gasteiger partial charge in [-0.1, -0.05) is 6.92 Å². The molecule has 1 aromatic carbocycles. The summed E-state index contributed by atoms with van der Waals surface area (Å²) in [4.78, 5) is 25.5. The van der Waals surface area contributed by atoms with Crippen molar-refractivity contribution in [2.45, 2.75) is 19.4 Å². The predicted molar refractivity (Wildman–Crippen MR) is 69.4 cm³/mol. The van der Waals surface area contributed by atoms with Gasteiger partial charge in [-0.25, -0.2) is 8.78 Å². The van der Waals surface area contributed by atoms with E-state index < -0.39 is 11.6 Å². The van der Waals surface area contributed by atoms with Crippen molar-refractivity contribution in [1.29, 1.82) is 0 Å². The van der Waals surface area contributed by atoms with Crippen molar-refractivity contribution < 1.29 is 18.4 Å². The van der Waals surface area contributed by atoms with Crippen LogP contribution in [0.4, 0.5) is 8.78 Å². The first-order chi connectivity index (χ1) is 9.52. The third kappa shape index (κ3) is 3.01. The SMILES string of the molecule is CCC1C(=O)NCCN1CC(=O)c1ccc(F)c(F)c1. The summed E-state index contributed by atoms with van der Waals surface area (Å²) in [5.41, 5.74) is 0.115. The fraction of sp³-hybridized carbons (Fsp3) is 0.429. The summed E-state index contributed by atoms with van der Waals surface area (Å²) >= 11 is 0. The molecule has 0 spiro atoms. The number of nitrogens with zero attached hydrogens (tertiary/aromatic N) is 1. The number of hydrogen-bond donors (Lipinski definition) is 1. The Morgan fingerprint density at radius 3 is 2.80 bits per heavy atom. The Kier molecular flexibility index (Phi) is 4.44. The lowest BCUT2D eigenvalue weighted by Gasteiger charge is -2.33. The number of piperazine rings is 1. The molecule has 1 amide bonds. The van der Waals surface area contributed by atoms with E-state index in [4.69, 9.17) is 0 Å². The maximum Gasteiger partial charge on any atom is 0.237 e. The van der Waals surface area contributed by atoms with Gasteiger partial charge in [-0.2, -0.15) is 0 Å². The molecule has 6 heteroatoms. The smallest absolute Gasteiger partial charge is 0.237 e. The highest BCUT2D eigenvalue weighted by atomic mass is 19.2. The number of Topliss-reactive ketones (excluding diaryl/α,β-unsaturated/α-hetero) is 1. The lowest BCUT2D eigenvalue weighted by molar-refractivity contribution is -0.128. The molecule has 1 atom stereocenters. The molecule has 1 fully saturated rings. The van der Waals surface area contributed by atoms with E-state index in [9.17, 15) is 18.4 Å². The highest BCUT2D eigenvalue weighted by Gasteiger charge is 2.29. The minimum atomic E-state index is -1.04. The third-order valence-electron chi connectivity index (χ3n) is 3.42. The van der Waals surface area contributed by atoms with Crippen molar-refractivity contribution in [3.63, 3.8) is 0 Å². The van der Waals surface area contributed by atoms with Crippen molar-refractivity contribution in [2.75, 3.05) is 19.6 Å². The van der Waals surface area contributed by atoms with Crippen molar-refractivity contribution in [1.82, 2.24) is 10.2 Å². The van der Waals surface area contributed by atoms with Gasteiger partial charge in [0, 0.05) is 18.7 Å². The number of amides is 1. The monoisotopic (exact) mass is 282 g/mol. The quantitative estimate of drug-likeness (QED) is 0.848. The molecule has 0 aromatic heterocycles. The summed E-state index contributed by atoms with van der Waals surface area (Å²) in [5.74, 6) is -2.45. The minimum Gasteiger partial charge on any atom is -0.353 e. The minimum absolute atomic E-state index is 0.0248. The Balaban J connectivity index is 2.10. The fourth-order valence-corrected chi connectivity index (χ4v) is 2.34. The van der Waals surface area contributed by atoms with Crippen molar-refractivity contribution in [3.05, 3.63) is 35.4 Å². The second-order valence-electron chi connectivity index (χ2n) is 4.74. The van der Waals surface area contributed by atoms with Crippen molar-refractivity contribution in [2.24, 2.45) is 0 Å². The van der Waals surface area contributed by atoms with E-state index in [1.54, 1.807) is 4.90 Å². The molecular weight excluding hydrogens is 266 g/mol. The zero-order valence-electron chi connectivity index (χ0n) is 11.2. The normalized spacial score (nSPS) is 19.8. The Morgan fingerprint density at radius 2 is 2.15 bits per heavy atom. The summed E-state index contributed by atoms with van der Waals surface area (Å²) in [5, 5.41) is 2.74. The molecule has 1 aliphatic heterocycles. The average molecular weight is 282 g/mol. The summed E-state index contributed by atoms with van der Waals surface area (Å²) in [6.07, 6.45) is 0.594. The summed E-state index contributed by atoms with van der Waals surface area (Å²) in [6, 6.07) is 2.73. The first kappa shape index (κ1) is 14.6. The molecule has 1 heterocycles. The van der Waals surface area contributed by atoms with Crippen LogP contribution in [-0.4, -0.2) is 42.3 Å². The highest BCUT2D eigenvalue weighted by Crippen LogP contribution is 2.13. The number of ketones is 1. The van der Waals surface area contributed by atoms with Crippen LogP contribution in [0.5, 0.6) is 0 Å². The molecule has 2 rings (SSSR count). The Labute approximate surface area is 115 Å². The number of hydrogen-bond acceptors (Lipinski definition) is 3. The van der Waals surface area contributed by atoms with Gasteiger partial charge >= 0.3 is 0 Å². The van der Waals surface area contributed by atoms with Gasteiger partial charge in [-0.15, -0.1) is 0 Å². The zero-order chi connectivity index (χ0) is 14.7. The van der Waals surface area contributed by atoms with Crippen LogP contribution in [0.3, 0.4) is 0 Å². The molecular formula is C14H16F2N2O2. The second-order valence-corrected chi connectivity index (χ2v) is 4.74. The molecule has 0 bridgehead atoms. The highest BCUT2D eigenvalue weighted by molar-refractivity contribution is 5.98. The molecule has 0 radical (unpaired) electrons. The second kappa shape index (κ2) is 6.09. The maximum atomic E-state index is 13.1. The van der Waals surface area contributed by atoms with Crippen LogP contribution in [0.25, 0.3) is 0 Å². The Bertz CT molecular complexity index is 534. The summed E-state index contributed by atoms with van der Waals surface area (Å²) in [6.45, 7) is 2.95. The van der Waals surface area contributed by atoms with Crippen LogP contribution in [0.2, 0.25) is 0 Å². The lowest BCUT2D eigenvalue weighted by Crippen LogP contribution is -2.56. The molecule has 0 saturated carbocycles. The topological polar surface area (TPSA) is 49.4 Å². The number of carbonyl (C=O) groups excluding carboxylic acids is 2.